The number of halogens is 1. The van der Waals surface area contributed by atoms with E-state index in [2.05, 4.69) is 17.1 Å². The Labute approximate surface area is 150 Å². The van der Waals surface area contributed by atoms with E-state index in [1.807, 2.05) is 18.2 Å². The van der Waals surface area contributed by atoms with Crippen molar-refractivity contribution in [2.75, 3.05) is 13.2 Å². The summed E-state index contributed by atoms with van der Waals surface area (Å²) in [6.45, 7) is 1.69. The molecule has 126 valence electrons. The van der Waals surface area contributed by atoms with Crippen LogP contribution in [0.3, 0.4) is 0 Å². The Morgan fingerprint density at radius 2 is 2.21 bits per heavy atom. The van der Waals surface area contributed by atoms with Gasteiger partial charge in [0.1, 0.15) is 5.03 Å². The number of aromatic nitrogens is 1. The molecule has 4 nitrogen and oxygen atoms in total. The van der Waals surface area contributed by atoms with Gasteiger partial charge in [-0.2, -0.15) is 0 Å². The summed E-state index contributed by atoms with van der Waals surface area (Å²) in [6.07, 6.45) is 4.67. The number of rotatable bonds is 5. The molecule has 1 aromatic heterocycles. The van der Waals surface area contributed by atoms with E-state index in [0.29, 0.717) is 18.2 Å². The lowest BCUT2D eigenvalue weighted by Crippen LogP contribution is -2.06. The molecule has 2 aromatic rings. The molecule has 0 radical (unpaired) electrons. The molecule has 0 bridgehead atoms. The van der Waals surface area contributed by atoms with Crippen molar-refractivity contribution >= 4 is 28.9 Å². The fourth-order valence-corrected chi connectivity index (χ4v) is 3.98. The van der Waals surface area contributed by atoms with Crippen LogP contribution in [0, 0.1) is 0 Å². The smallest absolute Gasteiger partial charge is 0.106 e. The Balaban J connectivity index is 1.97. The normalized spacial score (nSPS) is 14.5. The topological polar surface area (TPSA) is 68.4 Å². The molecule has 6 heteroatoms. The zero-order valence-corrected chi connectivity index (χ0v) is 14.7. The number of nitrogens with zero attached hydrogens (tertiary/aromatic N) is 1. The highest BCUT2D eigenvalue weighted by atomic mass is 35.5. The minimum absolute atomic E-state index is 0.0588. The van der Waals surface area contributed by atoms with Crippen LogP contribution in [-0.2, 0) is 17.9 Å². The Morgan fingerprint density at radius 1 is 1.33 bits per heavy atom. The van der Waals surface area contributed by atoms with Gasteiger partial charge in [-0.15, -0.1) is 0 Å². The second kappa shape index (κ2) is 8.14. The molecular formula is C18H19ClN2O2S. The van der Waals surface area contributed by atoms with Gasteiger partial charge in [-0.05, 0) is 41.3 Å². The largest absolute Gasteiger partial charge is 0.392 e. The Bertz CT molecular complexity index is 765. The number of hydrogen-bond donors (Lipinski definition) is 2. The van der Waals surface area contributed by atoms with Gasteiger partial charge in [-0.25, -0.2) is 4.98 Å². The summed E-state index contributed by atoms with van der Waals surface area (Å²) < 4.78 is 5.37. The summed E-state index contributed by atoms with van der Waals surface area (Å²) in [5.41, 5.74) is 10.0. The third-order valence-electron chi connectivity index (χ3n) is 3.89. The fourth-order valence-electron chi connectivity index (χ4n) is 2.62. The van der Waals surface area contributed by atoms with Crippen LogP contribution in [0.1, 0.15) is 23.1 Å². The van der Waals surface area contributed by atoms with Gasteiger partial charge in [0, 0.05) is 23.2 Å². The molecule has 0 atom stereocenters. The van der Waals surface area contributed by atoms with Crippen LogP contribution in [0.4, 0.5) is 0 Å². The number of hydrogen-bond acceptors (Lipinski definition) is 5. The predicted octanol–water partition coefficient (Wildman–Crippen LogP) is 3.64. The van der Waals surface area contributed by atoms with Gasteiger partial charge in [0.2, 0.25) is 0 Å². The molecule has 2 heterocycles. The fraction of sp³-hybridized carbons (Fsp3) is 0.278. The maximum atomic E-state index is 9.48. The summed E-state index contributed by atoms with van der Waals surface area (Å²) in [5, 5.41) is 10.9. The maximum Gasteiger partial charge on any atom is 0.106 e. The Morgan fingerprint density at radius 3 is 2.92 bits per heavy atom. The molecule has 1 aliphatic rings. The molecule has 1 aromatic carbocycles. The number of nitrogens with two attached hydrogens (primary N) is 1. The molecule has 0 saturated heterocycles. The number of ether oxygens (including phenoxy) is 1. The summed E-state index contributed by atoms with van der Waals surface area (Å²) in [4.78, 5) is 5.24. The Kier molecular flexibility index (Phi) is 5.92. The van der Waals surface area contributed by atoms with Crippen molar-refractivity contribution in [3.05, 3.63) is 58.3 Å². The molecule has 24 heavy (non-hydrogen) atoms. The van der Waals surface area contributed by atoms with Crippen LogP contribution in [-0.4, -0.2) is 23.3 Å². The molecule has 0 fully saturated rings. The first-order valence-electron chi connectivity index (χ1n) is 7.75. The second-order valence-electron chi connectivity index (χ2n) is 5.43. The quantitative estimate of drug-likeness (QED) is 0.849. The van der Waals surface area contributed by atoms with Crippen molar-refractivity contribution in [3.8, 4) is 0 Å². The summed E-state index contributed by atoms with van der Waals surface area (Å²) in [7, 11) is 0. The SMILES string of the molecule is NCc1cc(C2=CCOCC2)cc(Cl)c1Sc1ncccc1CO. The van der Waals surface area contributed by atoms with E-state index in [1.165, 1.54) is 17.3 Å². The van der Waals surface area contributed by atoms with Crippen LogP contribution in [0.15, 0.2) is 46.5 Å². The van der Waals surface area contributed by atoms with E-state index in [1.54, 1.807) is 6.20 Å². The van der Waals surface area contributed by atoms with Crippen molar-refractivity contribution in [1.82, 2.24) is 4.98 Å². The first kappa shape index (κ1) is 17.5. The number of pyridine rings is 1. The van der Waals surface area contributed by atoms with E-state index in [0.717, 1.165) is 39.6 Å². The summed E-state index contributed by atoms with van der Waals surface area (Å²) >= 11 is 8.00. The lowest BCUT2D eigenvalue weighted by Gasteiger charge is -2.17. The standard InChI is InChI=1S/C18H19ClN2O2S/c19-16-9-14(12-3-6-23-7-4-12)8-15(10-20)17(16)24-18-13(11-22)2-1-5-21-18/h1-3,5,8-9,22H,4,6-7,10-11,20H2. The summed E-state index contributed by atoms with van der Waals surface area (Å²) in [6, 6.07) is 7.73. The zero-order valence-electron chi connectivity index (χ0n) is 13.2. The van der Waals surface area contributed by atoms with E-state index < -0.39 is 0 Å². The average molecular weight is 363 g/mol. The van der Waals surface area contributed by atoms with Crippen molar-refractivity contribution < 1.29 is 9.84 Å². The number of aliphatic hydroxyl groups excluding tert-OH is 1. The molecule has 1 aliphatic heterocycles. The van der Waals surface area contributed by atoms with Gasteiger partial charge in [0.05, 0.1) is 24.8 Å². The lowest BCUT2D eigenvalue weighted by atomic mass is 9.99. The molecule has 0 amide bonds. The van der Waals surface area contributed by atoms with Gasteiger partial charge in [0.15, 0.2) is 0 Å². The van der Waals surface area contributed by atoms with Gasteiger partial charge in [-0.3, -0.25) is 0 Å². The average Bonchev–Trinajstić information content (AvgIpc) is 2.64. The first-order chi connectivity index (χ1) is 11.7. The monoisotopic (exact) mass is 362 g/mol. The van der Waals surface area contributed by atoms with Gasteiger partial charge in [-0.1, -0.05) is 35.5 Å². The molecule has 3 N–H and O–H groups in total. The van der Waals surface area contributed by atoms with Crippen LogP contribution in [0.2, 0.25) is 5.02 Å². The van der Waals surface area contributed by atoms with Crippen LogP contribution < -0.4 is 5.73 Å². The van der Waals surface area contributed by atoms with Crippen LogP contribution >= 0.6 is 23.4 Å². The van der Waals surface area contributed by atoms with Crippen molar-refractivity contribution in [2.24, 2.45) is 5.73 Å². The van der Waals surface area contributed by atoms with E-state index in [4.69, 9.17) is 22.1 Å². The minimum atomic E-state index is -0.0588. The highest BCUT2D eigenvalue weighted by molar-refractivity contribution is 7.99. The lowest BCUT2D eigenvalue weighted by molar-refractivity contribution is 0.161. The number of benzene rings is 1. The zero-order chi connectivity index (χ0) is 16.9. The predicted molar refractivity (Wildman–Crippen MR) is 97.0 cm³/mol. The van der Waals surface area contributed by atoms with Crippen LogP contribution in [0.25, 0.3) is 5.57 Å². The molecule has 0 aliphatic carbocycles. The molecule has 0 saturated carbocycles. The van der Waals surface area contributed by atoms with Crippen molar-refractivity contribution in [1.29, 1.82) is 0 Å². The van der Waals surface area contributed by atoms with Gasteiger partial charge < -0.3 is 15.6 Å². The third kappa shape index (κ3) is 3.82. The summed E-state index contributed by atoms with van der Waals surface area (Å²) in [5.74, 6) is 0. The number of aliphatic hydroxyl groups is 1. The highest BCUT2D eigenvalue weighted by Crippen LogP contribution is 2.39. The minimum Gasteiger partial charge on any atom is -0.392 e. The van der Waals surface area contributed by atoms with Crippen molar-refractivity contribution in [3.63, 3.8) is 0 Å². The van der Waals surface area contributed by atoms with Crippen molar-refractivity contribution in [2.45, 2.75) is 29.5 Å². The van der Waals surface area contributed by atoms with Crippen LogP contribution in [0.5, 0.6) is 0 Å². The first-order valence-corrected chi connectivity index (χ1v) is 8.94. The second-order valence-corrected chi connectivity index (χ2v) is 6.84. The van der Waals surface area contributed by atoms with E-state index in [-0.39, 0.29) is 6.61 Å². The highest BCUT2D eigenvalue weighted by Gasteiger charge is 2.15. The van der Waals surface area contributed by atoms with Gasteiger partial charge >= 0.3 is 0 Å². The molecular weight excluding hydrogens is 344 g/mol. The molecule has 3 rings (SSSR count). The maximum absolute atomic E-state index is 9.48. The molecule has 0 spiro atoms. The van der Waals surface area contributed by atoms with Gasteiger partial charge in [0.25, 0.3) is 0 Å². The molecule has 0 unspecified atom stereocenters. The Hall–Kier alpha value is -1.37. The van der Waals surface area contributed by atoms with E-state index in [9.17, 15) is 5.11 Å². The third-order valence-corrected chi connectivity index (χ3v) is 5.55. The van der Waals surface area contributed by atoms with E-state index >= 15 is 0 Å².